The number of hydrogen-bond donors (Lipinski definition) is 0. The Morgan fingerprint density at radius 2 is 1.47 bits per heavy atom. The van der Waals surface area contributed by atoms with E-state index in [-0.39, 0.29) is 0 Å². The molecule has 0 N–H and O–H groups in total. The van der Waals surface area contributed by atoms with Gasteiger partial charge in [-0.05, 0) is 41.3 Å². The lowest BCUT2D eigenvalue weighted by Crippen LogP contribution is -2.58. The van der Waals surface area contributed by atoms with E-state index in [0.29, 0.717) is 41.7 Å². The Morgan fingerprint density at radius 1 is 0.842 bits per heavy atom. The maximum absolute atomic E-state index is 12.1. The highest BCUT2D eigenvalue weighted by atomic mass is 35.5. The number of benzene rings is 2. The number of carbonyl (C=O) groups is 3. The molecule has 2 aliphatic heterocycles. The smallest absolute Gasteiger partial charge is 0.303 e. The molecule has 38 heavy (non-hydrogen) atoms. The molecule has 0 aromatic heterocycles. The molecular weight excluding hydrogens is 520 g/mol. The summed E-state index contributed by atoms with van der Waals surface area (Å²) in [6, 6.07) is 10.9. The van der Waals surface area contributed by atoms with Crippen LogP contribution in [0.3, 0.4) is 0 Å². The van der Waals surface area contributed by atoms with Gasteiger partial charge in [-0.3, -0.25) is 14.4 Å². The standard InChI is InChI=1S/C27H29ClO10/c1-14(29)35-24-23(38-27(32-4)26(37-16(3)31)25(24)36-15(2)30)18-6-7-20(28)19(13-18)11-17-5-8-21-22(12-17)34-10-9-33-21/h5-8,12-13,23-27H,9-11H2,1-4H3/t23-,24-,25+,26-,27?/m0/s1. The Bertz CT molecular complexity index is 1200. The molecule has 1 fully saturated rings. The van der Waals surface area contributed by atoms with E-state index in [1.165, 1.54) is 27.9 Å². The largest absolute Gasteiger partial charge is 0.486 e. The number of rotatable bonds is 7. The zero-order valence-corrected chi connectivity index (χ0v) is 22.2. The van der Waals surface area contributed by atoms with Crippen molar-refractivity contribution in [2.24, 2.45) is 0 Å². The van der Waals surface area contributed by atoms with Gasteiger partial charge in [-0.2, -0.15) is 0 Å². The van der Waals surface area contributed by atoms with Crippen LogP contribution in [0.25, 0.3) is 0 Å². The summed E-state index contributed by atoms with van der Waals surface area (Å²) in [7, 11) is 1.37. The second-order valence-electron chi connectivity index (χ2n) is 8.89. The minimum absolute atomic E-state index is 0.464. The van der Waals surface area contributed by atoms with Gasteiger partial charge in [0.05, 0.1) is 0 Å². The molecule has 0 aliphatic carbocycles. The van der Waals surface area contributed by atoms with Gasteiger partial charge in [0.2, 0.25) is 0 Å². The van der Waals surface area contributed by atoms with E-state index in [0.717, 1.165) is 11.1 Å². The van der Waals surface area contributed by atoms with Gasteiger partial charge in [-0.25, -0.2) is 0 Å². The lowest BCUT2D eigenvalue weighted by Gasteiger charge is -2.44. The Balaban J connectivity index is 1.69. The van der Waals surface area contributed by atoms with E-state index >= 15 is 0 Å². The molecule has 0 radical (unpaired) electrons. The fourth-order valence-corrected chi connectivity index (χ4v) is 4.74. The normalized spacial score (nSPS) is 24.3. The fourth-order valence-electron chi connectivity index (χ4n) is 4.56. The molecule has 204 valence electrons. The van der Waals surface area contributed by atoms with Crippen molar-refractivity contribution >= 4 is 29.5 Å². The first-order valence-corrected chi connectivity index (χ1v) is 12.4. The summed E-state index contributed by atoms with van der Waals surface area (Å²) in [4.78, 5) is 35.9. The molecule has 2 aromatic rings. The molecule has 1 saturated heterocycles. The average molecular weight is 549 g/mol. The van der Waals surface area contributed by atoms with Crippen LogP contribution in [0.1, 0.15) is 43.6 Å². The first kappa shape index (κ1) is 27.7. The monoisotopic (exact) mass is 548 g/mol. The summed E-state index contributed by atoms with van der Waals surface area (Å²) in [6.07, 6.45) is -5.10. The summed E-state index contributed by atoms with van der Waals surface area (Å²) in [5.41, 5.74) is 2.30. The molecule has 11 heteroatoms. The van der Waals surface area contributed by atoms with E-state index in [4.69, 9.17) is 44.8 Å². The van der Waals surface area contributed by atoms with Gasteiger partial charge in [0.25, 0.3) is 0 Å². The summed E-state index contributed by atoms with van der Waals surface area (Å²) in [6.45, 7) is 4.60. The van der Waals surface area contributed by atoms with Crippen LogP contribution in [-0.4, -0.2) is 62.8 Å². The topological polar surface area (TPSA) is 116 Å². The minimum atomic E-state index is -1.19. The third-order valence-corrected chi connectivity index (χ3v) is 6.40. The number of esters is 3. The molecule has 2 heterocycles. The number of methoxy groups -OCH3 is 1. The van der Waals surface area contributed by atoms with Gasteiger partial charge in [0.1, 0.15) is 19.3 Å². The Hall–Kier alpha value is -3.34. The number of ether oxygens (including phenoxy) is 7. The second kappa shape index (κ2) is 12.0. The third kappa shape index (κ3) is 6.38. The number of hydrogen-bond acceptors (Lipinski definition) is 10. The highest BCUT2D eigenvalue weighted by molar-refractivity contribution is 6.31. The maximum Gasteiger partial charge on any atom is 0.303 e. The third-order valence-electron chi connectivity index (χ3n) is 6.03. The number of halogens is 1. The second-order valence-corrected chi connectivity index (χ2v) is 9.30. The molecule has 1 unspecified atom stereocenters. The molecule has 0 bridgehead atoms. The van der Waals surface area contributed by atoms with Gasteiger partial charge in [-0.1, -0.05) is 29.8 Å². The highest BCUT2D eigenvalue weighted by Crippen LogP contribution is 2.39. The van der Waals surface area contributed by atoms with E-state index in [1.54, 1.807) is 12.1 Å². The van der Waals surface area contributed by atoms with Crippen molar-refractivity contribution in [3.05, 3.63) is 58.1 Å². The molecule has 5 atom stereocenters. The van der Waals surface area contributed by atoms with Crippen molar-refractivity contribution in [2.45, 2.75) is 57.9 Å². The van der Waals surface area contributed by atoms with Gasteiger partial charge < -0.3 is 33.2 Å². The number of carbonyl (C=O) groups excluding carboxylic acids is 3. The Kier molecular flexibility index (Phi) is 8.76. The molecular formula is C27H29ClO10. The molecule has 2 aliphatic rings. The zero-order valence-electron chi connectivity index (χ0n) is 21.4. The SMILES string of the molecule is COC1O[C@@H](c2ccc(Cl)c(Cc3ccc4c(c3)OCCO4)c2)[C@H](OC(C)=O)[C@@H](OC(C)=O)[C@@H]1OC(C)=O. The van der Waals surface area contributed by atoms with Crippen molar-refractivity contribution in [3.8, 4) is 11.5 Å². The lowest BCUT2D eigenvalue weighted by atomic mass is 9.91. The van der Waals surface area contributed by atoms with Crippen LogP contribution in [0.5, 0.6) is 11.5 Å². The van der Waals surface area contributed by atoms with Crippen LogP contribution in [0.15, 0.2) is 36.4 Å². The Morgan fingerprint density at radius 3 is 2.13 bits per heavy atom. The van der Waals surface area contributed by atoms with Crippen LogP contribution in [0.4, 0.5) is 0 Å². The summed E-state index contributed by atoms with van der Waals surface area (Å²) in [5.74, 6) is -0.593. The van der Waals surface area contributed by atoms with E-state index in [2.05, 4.69) is 0 Å². The van der Waals surface area contributed by atoms with Gasteiger partial charge >= 0.3 is 17.9 Å². The molecule has 4 rings (SSSR count). The quantitative estimate of drug-likeness (QED) is 0.376. The van der Waals surface area contributed by atoms with E-state index in [1.807, 2.05) is 24.3 Å². The molecule has 0 spiro atoms. The van der Waals surface area contributed by atoms with E-state index < -0.39 is 48.6 Å². The van der Waals surface area contributed by atoms with Crippen molar-refractivity contribution in [3.63, 3.8) is 0 Å². The minimum Gasteiger partial charge on any atom is -0.486 e. The highest BCUT2D eigenvalue weighted by Gasteiger charge is 2.52. The van der Waals surface area contributed by atoms with Crippen LogP contribution >= 0.6 is 11.6 Å². The average Bonchev–Trinajstić information content (AvgIpc) is 2.86. The Labute approximate surface area is 225 Å². The van der Waals surface area contributed by atoms with Gasteiger partial charge in [-0.15, -0.1) is 0 Å². The lowest BCUT2D eigenvalue weighted by molar-refractivity contribution is -0.300. The molecule has 2 aromatic carbocycles. The van der Waals surface area contributed by atoms with Gasteiger partial charge in [0.15, 0.2) is 36.1 Å². The summed E-state index contributed by atoms with van der Waals surface area (Å²) in [5, 5.41) is 0.515. The van der Waals surface area contributed by atoms with Crippen molar-refractivity contribution in [2.75, 3.05) is 20.3 Å². The molecule has 10 nitrogen and oxygen atoms in total. The van der Waals surface area contributed by atoms with Crippen molar-refractivity contribution in [1.29, 1.82) is 0 Å². The van der Waals surface area contributed by atoms with Crippen LogP contribution in [0, 0.1) is 0 Å². The first-order valence-electron chi connectivity index (χ1n) is 12.0. The number of fused-ring (bicyclic) bond motifs is 1. The maximum atomic E-state index is 12.1. The predicted molar refractivity (Wildman–Crippen MR) is 133 cm³/mol. The molecule has 0 saturated carbocycles. The van der Waals surface area contributed by atoms with Crippen molar-refractivity contribution in [1.82, 2.24) is 0 Å². The van der Waals surface area contributed by atoms with Gasteiger partial charge in [0, 0.05) is 32.9 Å². The van der Waals surface area contributed by atoms with Crippen LogP contribution in [-0.2, 0) is 44.5 Å². The van der Waals surface area contributed by atoms with Crippen LogP contribution in [0.2, 0.25) is 5.02 Å². The first-order chi connectivity index (χ1) is 18.2. The summed E-state index contributed by atoms with van der Waals surface area (Å²) >= 11 is 6.55. The fraction of sp³-hybridized carbons (Fsp3) is 0.444. The summed E-state index contributed by atoms with van der Waals surface area (Å²) < 4.78 is 39.3. The zero-order chi connectivity index (χ0) is 27.4. The molecule has 0 amide bonds. The van der Waals surface area contributed by atoms with Crippen molar-refractivity contribution < 1.29 is 47.5 Å². The van der Waals surface area contributed by atoms with E-state index in [9.17, 15) is 14.4 Å². The predicted octanol–water partition coefficient (Wildman–Crippen LogP) is 3.54. The van der Waals surface area contributed by atoms with Crippen LogP contribution < -0.4 is 9.47 Å².